The molecule has 0 aliphatic carbocycles. The van der Waals surface area contributed by atoms with E-state index in [1.54, 1.807) is 5.57 Å². The third-order valence-electron chi connectivity index (χ3n) is 3.99. The maximum atomic E-state index is 11.6. The Morgan fingerprint density at radius 2 is 2.16 bits per heavy atom. The van der Waals surface area contributed by atoms with Crippen molar-refractivity contribution in [3.05, 3.63) is 23.1 Å². The zero-order valence-corrected chi connectivity index (χ0v) is 12.7. The molecule has 0 aromatic rings. The molecule has 2 heterocycles. The van der Waals surface area contributed by atoms with Crippen molar-refractivity contribution in [2.24, 2.45) is 0 Å². The number of carbonyl (C=O) groups is 1. The van der Waals surface area contributed by atoms with E-state index in [-0.39, 0.29) is 0 Å². The van der Waals surface area contributed by atoms with E-state index in [0.717, 1.165) is 58.4 Å². The number of likely N-dealkylation sites (tertiary alicyclic amines) is 1. The van der Waals surface area contributed by atoms with E-state index < -0.39 is 0 Å². The van der Waals surface area contributed by atoms with Crippen molar-refractivity contribution < 1.29 is 4.79 Å². The van der Waals surface area contributed by atoms with Crippen molar-refractivity contribution in [1.82, 2.24) is 9.80 Å². The van der Waals surface area contributed by atoms with Gasteiger partial charge in [0.15, 0.2) is 0 Å². The normalized spacial score (nSPS) is 21.3. The van der Waals surface area contributed by atoms with Gasteiger partial charge in [-0.3, -0.25) is 9.69 Å². The van der Waals surface area contributed by atoms with Crippen LogP contribution in [-0.2, 0) is 4.79 Å². The van der Waals surface area contributed by atoms with Gasteiger partial charge in [0.1, 0.15) is 0 Å². The summed E-state index contributed by atoms with van der Waals surface area (Å²) in [5.74, 6) is 0.338. The highest BCUT2D eigenvalue weighted by Gasteiger charge is 2.22. The molecule has 0 aromatic heterocycles. The van der Waals surface area contributed by atoms with Gasteiger partial charge in [0.25, 0.3) is 0 Å². The van der Waals surface area contributed by atoms with Crippen LogP contribution in [0.2, 0.25) is 0 Å². The van der Waals surface area contributed by atoms with Crippen LogP contribution in [0.4, 0.5) is 0 Å². The summed E-state index contributed by atoms with van der Waals surface area (Å²) in [6, 6.07) is 0. The Kier molecular flexibility index (Phi) is 5.52. The number of hydrogen-bond donors (Lipinski definition) is 0. The highest BCUT2D eigenvalue weighted by atomic mass is 32.2. The van der Waals surface area contributed by atoms with Gasteiger partial charge in [-0.1, -0.05) is 11.6 Å². The van der Waals surface area contributed by atoms with Gasteiger partial charge in [-0.25, -0.2) is 0 Å². The molecule has 0 aromatic carbocycles. The summed E-state index contributed by atoms with van der Waals surface area (Å²) >= 11 is 1.87. The Hall–Kier alpha value is -0.740. The predicted molar refractivity (Wildman–Crippen MR) is 82.2 cm³/mol. The lowest BCUT2D eigenvalue weighted by Crippen LogP contribution is -2.38. The van der Waals surface area contributed by atoms with Crippen LogP contribution in [0.25, 0.3) is 0 Å². The average Bonchev–Trinajstić information content (AvgIpc) is 2.83. The Morgan fingerprint density at radius 1 is 1.32 bits per heavy atom. The third-order valence-corrected chi connectivity index (χ3v) is 4.90. The fraction of sp³-hybridized carbons (Fsp3) is 0.667. The number of nitrogens with zero attached hydrogens (tertiary/aromatic N) is 2. The van der Waals surface area contributed by atoms with Gasteiger partial charge in [0.05, 0.1) is 0 Å². The van der Waals surface area contributed by atoms with Gasteiger partial charge in [0.2, 0.25) is 5.91 Å². The van der Waals surface area contributed by atoms with Crippen LogP contribution in [0.3, 0.4) is 0 Å². The summed E-state index contributed by atoms with van der Waals surface area (Å²) < 4.78 is 0. The molecule has 0 bridgehead atoms. The maximum Gasteiger partial charge on any atom is 0.222 e. The van der Waals surface area contributed by atoms with Crippen LogP contribution in [0.1, 0.15) is 25.7 Å². The first kappa shape index (κ1) is 14.7. The minimum absolute atomic E-state index is 0.338. The van der Waals surface area contributed by atoms with Gasteiger partial charge in [-0.15, -0.1) is 18.3 Å². The summed E-state index contributed by atoms with van der Waals surface area (Å²) in [4.78, 5) is 17.6. The lowest BCUT2D eigenvalue weighted by atomic mass is 10.0. The van der Waals surface area contributed by atoms with Crippen LogP contribution in [0.15, 0.2) is 23.1 Å². The molecule has 3 nitrogen and oxygen atoms in total. The number of allylic oxidation sites excluding steroid dienone is 1. The minimum atomic E-state index is 0.338. The van der Waals surface area contributed by atoms with Crippen LogP contribution in [0.5, 0.6) is 0 Å². The molecule has 0 N–H and O–H groups in total. The van der Waals surface area contributed by atoms with E-state index in [4.69, 9.17) is 0 Å². The fourth-order valence-electron chi connectivity index (χ4n) is 2.82. The molecule has 0 atom stereocenters. The van der Waals surface area contributed by atoms with Crippen LogP contribution >= 0.6 is 11.8 Å². The van der Waals surface area contributed by atoms with Crippen molar-refractivity contribution in [2.75, 3.05) is 39.0 Å². The molecule has 106 valence electrons. The number of hydrogen-bond acceptors (Lipinski definition) is 3. The predicted octanol–water partition coefficient (Wildman–Crippen LogP) is 2.51. The molecule has 4 heteroatoms. The highest BCUT2D eigenvalue weighted by Crippen LogP contribution is 2.27. The highest BCUT2D eigenvalue weighted by molar-refractivity contribution is 8.02. The number of rotatable bonds is 6. The SMILES string of the molecule is C=CCC1=C(SC)CN(CCN2CCCC2=O)CC1. The third kappa shape index (κ3) is 3.86. The molecule has 0 saturated carbocycles. The molecule has 2 aliphatic rings. The quantitative estimate of drug-likeness (QED) is 0.699. The van der Waals surface area contributed by atoms with Gasteiger partial charge < -0.3 is 4.90 Å². The van der Waals surface area contributed by atoms with Gasteiger partial charge in [-0.05, 0) is 30.4 Å². The van der Waals surface area contributed by atoms with Gasteiger partial charge >= 0.3 is 0 Å². The molecule has 2 aliphatic heterocycles. The molecule has 1 fully saturated rings. The largest absolute Gasteiger partial charge is 0.341 e. The van der Waals surface area contributed by atoms with Gasteiger partial charge in [0, 0.05) is 39.1 Å². The van der Waals surface area contributed by atoms with E-state index in [0.29, 0.717) is 5.91 Å². The Bertz CT molecular complexity index is 378. The van der Waals surface area contributed by atoms with Crippen molar-refractivity contribution in [3.63, 3.8) is 0 Å². The fourth-order valence-corrected chi connectivity index (χ4v) is 3.60. The van der Waals surface area contributed by atoms with Crippen molar-refractivity contribution >= 4 is 17.7 Å². The van der Waals surface area contributed by atoms with Crippen LogP contribution < -0.4 is 0 Å². The summed E-state index contributed by atoms with van der Waals surface area (Å²) in [6.45, 7) is 8.88. The second-order valence-electron chi connectivity index (χ2n) is 5.23. The molecule has 1 amide bonds. The van der Waals surface area contributed by atoms with Crippen LogP contribution in [0, 0.1) is 0 Å². The van der Waals surface area contributed by atoms with E-state index >= 15 is 0 Å². The number of carbonyl (C=O) groups excluding carboxylic acids is 1. The summed E-state index contributed by atoms with van der Waals surface area (Å²) in [5, 5.41) is 0. The first-order valence-electron chi connectivity index (χ1n) is 7.10. The average molecular weight is 280 g/mol. The van der Waals surface area contributed by atoms with Crippen LogP contribution in [-0.4, -0.2) is 54.7 Å². The lowest BCUT2D eigenvalue weighted by molar-refractivity contribution is -0.127. The molecule has 0 unspecified atom stereocenters. The first-order valence-corrected chi connectivity index (χ1v) is 8.33. The second-order valence-corrected chi connectivity index (χ2v) is 6.14. The summed E-state index contributed by atoms with van der Waals surface area (Å²) in [7, 11) is 0. The zero-order chi connectivity index (χ0) is 13.7. The maximum absolute atomic E-state index is 11.6. The van der Waals surface area contributed by atoms with Gasteiger partial charge in [-0.2, -0.15) is 0 Å². The molecule has 1 saturated heterocycles. The number of amides is 1. The number of thioether (sulfide) groups is 1. The molecular formula is C15H24N2OS. The molecule has 0 spiro atoms. The van der Waals surface area contributed by atoms with E-state index in [1.807, 2.05) is 22.7 Å². The van der Waals surface area contributed by atoms with E-state index in [1.165, 1.54) is 4.91 Å². The standard InChI is InChI=1S/C15H24N2OS/c1-3-5-13-7-9-16(12-14(13)19-2)10-11-17-8-4-6-15(17)18/h3H,1,4-12H2,2H3. The van der Waals surface area contributed by atoms with E-state index in [9.17, 15) is 4.79 Å². The second kappa shape index (κ2) is 7.15. The Balaban J connectivity index is 1.83. The molecule has 0 radical (unpaired) electrons. The van der Waals surface area contributed by atoms with Crippen molar-refractivity contribution in [2.45, 2.75) is 25.7 Å². The molecule has 2 rings (SSSR count). The molecule has 19 heavy (non-hydrogen) atoms. The first-order chi connectivity index (χ1) is 9.24. The topological polar surface area (TPSA) is 23.6 Å². The lowest BCUT2D eigenvalue weighted by Gasteiger charge is -2.31. The summed E-state index contributed by atoms with van der Waals surface area (Å²) in [5.41, 5.74) is 1.55. The molecular weight excluding hydrogens is 256 g/mol. The summed E-state index contributed by atoms with van der Waals surface area (Å²) in [6.07, 6.45) is 8.12. The van der Waals surface area contributed by atoms with E-state index in [2.05, 4.69) is 17.7 Å². The Morgan fingerprint density at radius 3 is 2.79 bits per heavy atom. The van der Waals surface area contributed by atoms with Crippen molar-refractivity contribution in [1.29, 1.82) is 0 Å². The zero-order valence-electron chi connectivity index (χ0n) is 11.9. The monoisotopic (exact) mass is 280 g/mol. The smallest absolute Gasteiger partial charge is 0.222 e. The Labute approximate surface area is 120 Å². The van der Waals surface area contributed by atoms with Crippen molar-refractivity contribution in [3.8, 4) is 0 Å². The minimum Gasteiger partial charge on any atom is -0.341 e.